The zero-order valence-electron chi connectivity index (χ0n) is 9.93. The summed E-state index contributed by atoms with van der Waals surface area (Å²) in [6.07, 6.45) is 3.84. The van der Waals surface area contributed by atoms with Crippen LogP contribution in [0.2, 0.25) is 0 Å². The first-order valence-corrected chi connectivity index (χ1v) is 5.16. The van der Waals surface area contributed by atoms with Gasteiger partial charge in [-0.05, 0) is 17.7 Å². The Kier molecular flexibility index (Phi) is 5.05. The largest absolute Gasteiger partial charge is 0.496 e. The van der Waals surface area contributed by atoms with Gasteiger partial charge in [0.15, 0.2) is 0 Å². The molecule has 0 fully saturated rings. The number of hydrogen-bond acceptors (Lipinski definition) is 4. The van der Waals surface area contributed by atoms with E-state index in [2.05, 4.69) is 0 Å². The van der Waals surface area contributed by atoms with E-state index in [9.17, 15) is 0 Å². The fourth-order valence-electron chi connectivity index (χ4n) is 1.48. The first-order valence-electron chi connectivity index (χ1n) is 5.16. The number of nitriles is 1. The Balaban J connectivity index is 3.20. The summed E-state index contributed by atoms with van der Waals surface area (Å²) >= 11 is 0. The SMILES string of the molecule is COc1cc(CO)cc(OC)c1C=CCC#N. The maximum Gasteiger partial charge on any atom is 0.130 e. The van der Waals surface area contributed by atoms with Gasteiger partial charge in [-0.2, -0.15) is 5.26 Å². The fraction of sp³-hybridized carbons (Fsp3) is 0.308. The number of rotatable bonds is 5. The molecule has 4 heteroatoms. The average molecular weight is 233 g/mol. The number of allylic oxidation sites excluding steroid dienone is 1. The molecule has 1 aromatic carbocycles. The van der Waals surface area contributed by atoms with Crippen LogP contribution in [0.3, 0.4) is 0 Å². The second-order valence-electron chi connectivity index (χ2n) is 3.34. The number of aliphatic hydroxyl groups excluding tert-OH is 1. The lowest BCUT2D eigenvalue weighted by molar-refractivity contribution is 0.280. The quantitative estimate of drug-likeness (QED) is 0.846. The molecule has 17 heavy (non-hydrogen) atoms. The Morgan fingerprint density at radius 1 is 1.29 bits per heavy atom. The van der Waals surface area contributed by atoms with Crippen molar-refractivity contribution in [2.24, 2.45) is 0 Å². The Morgan fingerprint density at radius 2 is 1.88 bits per heavy atom. The van der Waals surface area contributed by atoms with Gasteiger partial charge in [-0.3, -0.25) is 0 Å². The molecule has 0 radical (unpaired) electrons. The summed E-state index contributed by atoms with van der Waals surface area (Å²) in [5.74, 6) is 1.23. The Labute approximate surface area is 101 Å². The third-order valence-electron chi connectivity index (χ3n) is 2.28. The monoisotopic (exact) mass is 233 g/mol. The first-order chi connectivity index (χ1) is 8.26. The molecular formula is C13H15NO3. The van der Waals surface area contributed by atoms with Crippen molar-refractivity contribution in [2.75, 3.05) is 14.2 Å². The summed E-state index contributed by atoms with van der Waals surface area (Å²) in [7, 11) is 3.11. The normalized spacial score (nSPS) is 10.2. The Hall–Kier alpha value is -1.99. The van der Waals surface area contributed by atoms with Gasteiger partial charge in [0.25, 0.3) is 0 Å². The van der Waals surface area contributed by atoms with Crippen LogP contribution in [0, 0.1) is 11.3 Å². The smallest absolute Gasteiger partial charge is 0.130 e. The van der Waals surface area contributed by atoms with Crippen LogP contribution in [0.1, 0.15) is 17.5 Å². The topological polar surface area (TPSA) is 62.5 Å². The maximum atomic E-state index is 9.11. The van der Waals surface area contributed by atoms with E-state index in [1.165, 1.54) is 0 Å². The summed E-state index contributed by atoms with van der Waals surface area (Å²) in [5.41, 5.74) is 1.48. The molecule has 1 aromatic rings. The summed E-state index contributed by atoms with van der Waals surface area (Å²) in [6.45, 7) is -0.0745. The second kappa shape index (κ2) is 6.56. The molecule has 0 bridgehead atoms. The van der Waals surface area contributed by atoms with Crippen LogP contribution < -0.4 is 9.47 Å². The van der Waals surface area contributed by atoms with Gasteiger partial charge >= 0.3 is 0 Å². The lowest BCUT2D eigenvalue weighted by Gasteiger charge is -2.12. The van der Waals surface area contributed by atoms with Gasteiger partial charge in [0.1, 0.15) is 11.5 Å². The third-order valence-corrected chi connectivity index (χ3v) is 2.28. The van der Waals surface area contributed by atoms with Crippen molar-refractivity contribution in [3.63, 3.8) is 0 Å². The standard InChI is InChI=1S/C13H15NO3/c1-16-12-7-10(9-15)8-13(17-2)11(12)5-3-4-6-14/h3,5,7-8,15H,4,9H2,1-2H3. The van der Waals surface area contributed by atoms with Crippen molar-refractivity contribution in [1.29, 1.82) is 5.26 Å². The van der Waals surface area contributed by atoms with Crippen LogP contribution in [0.5, 0.6) is 11.5 Å². The molecular weight excluding hydrogens is 218 g/mol. The van der Waals surface area contributed by atoms with Crippen molar-refractivity contribution in [3.05, 3.63) is 29.3 Å². The molecule has 0 aliphatic rings. The molecule has 0 spiro atoms. The molecule has 0 atom stereocenters. The van der Waals surface area contributed by atoms with Crippen molar-refractivity contribution in [3.8, 4) is 17.6 Å². The first kappa shape index (κ1) is 13.1. The van der Waals surface area contributed by atoms with Crippen LogP contribution >= 0.6 is 0 Å². The van der Waals surface area contributed by atoms with Gasteiger partial charge in [0, 0.05) is 0 Å². The molecule has 0 unspecified atom stereocenters. The second-order valence-corrected chi connectivity index (χ2v) is 3.34. The molecule has 1 rings (SSSR count). The fourth-order valence-corrected chi connectivity index (χ4v) is 1.48. The molecule has 4 nitrogen and oxygen atoms in total. The van der Waals surface area contributed by atoms with Crippen molar-refractivity contribution in [2.45, 2.75) is 13.0 Å². The number of aliphatic hydroxyl groups is 1. The van der Waals surface area contributed by atoms with Gasteiger partial charge in [0.05, 0.1) is 38.9 Å². The van der Waals surface area contributed by atoms with E-state index >= 15 is 0 Å². The highest BCUT2D eigenvalue weighted by Crippen LogP contribution is 2.31. The predicted molar refractivity (Wildman–Crippen MR) is 64.7 cm³/mol. The summed E-state index contributed by atoms with van der Waals surface area (Å²) in [5, 5.41) is 17.6. The van der Waals surface area contributed by atoms with Crippen LogP contribution in [0.15, 0.2) is 18.2 Å². The number of ether oxygens (including phenoxy) is 2. The Bertz CT molecular complexity index is 421. The van der Waals surface area contributed by atoms with E-state index in [0.717, 1.165) is 11.1 Å². The van der Waals surface area contributed by atoms with Gasteiger partial charge in [-0.1, -0.05) is 12.2 Å². The van der Waals surface area contributed by atoms with E-state index in [0.29, 0.717) is 17.9 Å². The summed E-state index contributed by atoms with van der Waals surface area (Å²) < 4.78 is 10.5. The highest BCUT2D eigenvalue weighted by molar-refractivity contribution is 5.65. The molecule has 0 aromatic heterocycles. The molecule has 0 aliphatic carbocycles. The number of nitrogens with zero attached hydrogens (tertiary/aromatic N) is 1. The Morgan fingerprint density at radius 3 is 2.29 bits per heavy atom. The lowest BCUT2D eigenvalue weighted by atomic mass is 10.1. The molecule has 90 valence electrons. The van der Waals surface area contributed by atoms with Crippen molar-refractivity contribution >= 4 is 6.08 Å². The molecule has 0 aliphatic heterocycles. The molecule has 0 heterocycles. The highest BCUT2D eigenvalue weighted by Gasteiger charge is 2.09. The van der Waals surface area contributed by atoms with Gasteiger partial charge in [-0.15, -0.1) is 0 Å². The van der Waals surface area contributed by atoms with E-state index < -0.39 is 0 Å². The number of methoxy groups -OCH3 is 2. The third kappa shape index (κ3) is 3.23. The summed E-state index contributed by atoms with van der Waals surface area (Å²) in [6, 6.07) is 5.52. The van der Waals surface area contributed by atoms with Crippen LogP contribution in [-0.4, -0.2) is 19.3 Å². The molecule has 0 saturated heterocycles. The van der Waals surface area contributed by atoms with Crippen molar-refractivity contribution < 1.29 is 14.6 Å². The molecule has 0 amide bonds. The highest BCUT2D eigenvalue weighted by atomic mass is 16.5. The van der Waals surface area contributed by atoms with E-state index in [-0.39, 0.29) is 6.61 Å². The lowest BCUT2D eigenvalue weighted by Crippen LogP contribution is -1.95. The van der Waals surface area contributed by atoms with E-state index in [4.69, 9.17) is 19.8 Å². The maximum absolute atomic E-state index is 9.11. The van der Waals surface area contributed by atoms with Crippen LogP contribution in [0.25, 0.3) is 6.08 Å². The zero-order chi connectivity index (χ0) is 12.7. The average Bonchev–Trinajstić information content (AvgIpc) is 2.38. The van der Waals surface area contributed by atoms with Gasteiger partial charge in [-0.25, -0.2) is 0 Å². The predicted octanol–water partition coefficient (Wildman–Crippen LogP) is 2.12. The number of benzene rings is 1. The molecule has 0 saturated carbocycles. The van der Waals surface area contributed by atoms with E-state index in [1.807, 2.05) is 6.07 Å². The van der Waals surface area contributed by atoms with E-state index in [1.54, 1.807) is 38.5 Å². The minimum atomic E-state index is -0.0745. The van der Waals surface area contributed by atoms with Crippen LogP contribution in [0.4, 0.5) is 0 Å². The van der Waals surface area contributed by atoms with Gasteiger partial charge in [0.2, 0.25) is 0 Å². The minimum absolute atomic E-state index is 0.0745. The summed E-state index contributed by atoms with van der Waals surface area (Å²) in [4.78, 5) is 0. The van der Waals surface area contributed by atoms with Crippen LogP contribution in [-0.2, 0) is 6.61 Å². The molecule has 1 N–H and O–H groups in total. The zero-order valence-corrected chi connectivity index (χ0v) is 9.93. The minimum Gasteiger partial charge on any atom is -0.496 e. The van der Waals surface area contributed by atoms with Gasteiger partial charge < -0.3 is 14.6 Å². The van der Waals surface area contributed by atoms with Crippen molar-refractivity contribution in [1.82, 2.24) is 0 Å². The number of hydrogen-bond donors (Lipinski definition) is 1.